The largest absolute Gasteiger partial charge is 0.385 e. The van der Waals surface area contributed by atoms with E-state index in [0.717, 1.165) is 31.5 Å². The van der Waals surface area contributed by atoms with Crippen LogP contribution in [-0.2, 0) is 11.2 Å². The zero-order valence-corrected chi connectivity index (χ0v) is 10.4. The van der Waals surface area contributed by atoms with Crippen molar-refractivity contribution in [2.45, 2.75) is 39.0 Å². The molecule has 2 rings (SSSR count). The van der Waals surface area contributed by atoms with Gasteiger partial charge in [0.15, 0.2) is 0 Å². The van der Waals surface area contributed by atoms with E-state index in [1.807, 2.05) is 6.07 Å². The SMILES string of the molecule is CCCCC(=O)Nc1ccc2c(c1)CCCN2. The van der Waals surface area contributed by atoms with Crippen LogP contribution < -0.4 is 10.6 Å². The molecule has 17 heavy (non-hydrogen) atoms. The molecule has 3 heteroatoms. The molecule has 0 aliphatic carbocycles. The third kappa shape index (κ3) is 3.22. The molecule has 0 spiro atoms. The summed E-state index contributed by atoms with van der Waals surface area (Å²) in [5.41, 5.74) is 3.45. The number of rotatable bonds is 4. The summed E-state index contributed by atoms with van der Waals surface area (Å²) in [5, 5.41) is 6.32. The molecule has 1 aliphatic heterocycles. The number of aryl methyl sites for hydroxylation is 1. The van der Waals surface area contributed by atoms with Crippen LogP contribution in [-0.4, -0.2) is 12.5 Å². The standard InChI is InChI=1S/C14H20N2O/c1-2-3-6-14(17)16-12-7-8-13-11(10-12)5-4-9-15-13/h7-8,10,15H,2-6,9H2,1H3,(H,16,17). The Labute approximate surface area is 103 Å². The van der Waals surface area contributed by atoms with Gasteiger partial charge >= 0.3 is 0 Å². The Bertz CT molecular complexity index is 401. The Balaban J connectivity index is 1.99. The minimum atomic E-state index is 0.121. The lowest BCUT2D eigenvalue weighted by atomic mass is 10.0. The number of amides is 1. The molecule has 1 aromatic rings. The first-order chi connectivity index (χ1) is 8.29. The van der Waals surface area contributed by atoms with Crippen molar-refractivity contribution in [3.8, 4) is 0 Å². The molecule has 0 saturated heterocycles. The summed E-state index contributed by atoms with van der Waals surface area (Å²) in [6.45, 7) is 3.15. The van der Waals surface area contributed by atoms with Crippen LogP contribution in [0.2, 0.25) is 0 Å². The van der Waals surface area contributed by atoms with Gasteiger partial charge in [0.25, 0.3) is 0 Å². The topological polar surface area (TPSA) is 41.1 Å². The van der Waals surface area contributed by atoms with Crippen LogP contribution in [0.5, 0.6) is 0 Å². The monoisotopic (exact) mass is 232 g/mol. The zero-order valence-electron chi connectivity index (χ0n) is 10.4. The number of carbonyl (C=O) groups is 1. The predicted octanol–water partition coefficient (Wildman–Crippen LogP) is 3.17. The summed E-state index contributed by atoms with van der Waals surface area (Å²) in [6.07, 6.45) is 4.90. The van der Waals surface area contributed by atoms with E-state index >= 15 is 0 Å². The van der Waals surface area contributed by atoms with Crippen molar-refractivity contribution in [1.82, 2.24) is 0 Å². The first-order valence-electron chi connectivity index (χ1n) is 6.46. The summed E-state index contributed by atoms with van der Waals surface area (Å²) in [7, 11) is 0. The summed E-state index contributed by atoms with van der Waals surface area (Å²) < 4.78 is 0. The number of hydrogen-bond donors (Lipinski definition) is 2. The van der Waals surface area contributed by atoms with Gasteiger partial charge in [-0.15, -0.1) is 0 Å². The predicted molar refractivity (Wildman–Crippen MR) is 71.4 cm³/mol. The van der Waals surface area contributed by atoms with Crippen molar-refractivity contribution in [3.05, 3.63) is 23.8 Å². The number of unbranched alkanes of at least 4 members (excludes halogenated alkanes) is 1. The average molecular weight is 232 g/mol. The van der Waals surface area contributed by atoms with Crippen LogP contribution >= 0.6 is 0 Å². The van der Waals surface area contributed by atoms with Gasteiger partial charge < -0.3 is 10.6 Å². The van der Waals surface area contributed by atoms with E-state index in [0.29, 0.717) is 6.42 Å². The van der Waals surface area contributed by atoms with Crippen LogP contribution in [0.4, 0.5) is 11.4 Å². The Morgan fingerprint density at radius 1 is 1.47 bits per heavy atom. The summed E-state index contributed by atoms with van der Waals surface area (Å²) in [4.78, 5) is 11.6. The maximum absolute atomic E-state index is 11.6. The third-order valence-corrected chi connectivity index (χ3v) is 3.08. The minimum Gasteiger partial charge on any atom is -0.385 e. The second kappa shape index (κ2) is 5.71. The van der Waals surface area contributed by atoms with Gasteiger partial charge in [-0.25, -0.2) is 0 Å². The Morgan fingerprint density at radius 3 is 3.18 bits per heavy atom. The number of anilines is 2. The molecule has 0 radical (unpaired) electrons. The molecule has 2 N–H and O–H groups in total. The van der Waals surface area contributed by atoms with Gasteiger partial charge in [0, 0.05) is 24.3 Å². The number of benzene rings is 1. The van der Waals surface area contributed by atoms with E-state index in [-0.39, 0.29) is 5.91 Å². The third-order valence-electron chi connectivity index (χ3n) is 3.08. The van der Waals surface area contributed by atoms with Gasteiger partial charge in [-0.1, -0.05) is 13.3 Å². The van der Waals surface area contributed by atoms with Gasteiger partial charge in [-0.05, 0) is 43.0 Å². The number of carbonyl (C=O) groups excluding carboxylic acids is 1. The van der Waals surface area contributed by atoms with Crippen molar-refractivity contribution < 1.29 is 4.79 Å². The maximum atomic E-state index is 11.6. The molecular formula is C14H20N2O. The number of fused-ring (bicyclic) bond motifs is 1. The molecule has 0 saturated carbocycles. The maximum Gasteiger partial charge on any atom is 0.224 e. The van der Waals surface area contributed by atoms with Crippen LogP contribution in [0, 0.1) is 0 Å². The molecule has 92 valence electrons. The molecule has 0 fully saturated rings. The van der Waals surface area contributed by atoms with Crippen LogP contribution in [0.3, 0.4) is 0 Å². The van der Waals surface area contributed by atoms with Crippen molar-refractivity contribution >= 4 is 17.3 Å². The van der Waals surface area contributed by atoms with Gasteiger partial charge in [0.1, 0.15) is 0 Å². The van der Waals surface area contributed by atoms with Gasteiger partial charge in [0.2, 0.25) is 5.91 Å². The average Bonchev–Trinajstić information content (AvgIpc) is 2.36. The fraction of sp³-hybridized carbons (Fsp3) is 0.500. The lowest BCUT2D eigenvalue weighted by Crippen LogP contribution is -2.14. The molecular weight excluding hydrogens is 212 g/mol. The molecule has 0 bridgehead atoms. The lowest BCUT2D eigenvalue weighted by molar-refractivity contribution is -0.116. The quantitative estimate of drug-likeness (QED) is 0.837. The normalized spacial score (nSPS) is 13.7. The molecule has 1 aliphatic rings. The van der Waals surface area contributed by atoms with E-state index in [9.17, 15) is 4.79 Å². The van der Waals surface area contributed by atoms with E-state index in [4.69, 9.17) is 0 Å². The molecule has 0 aromatic heterocycles. The molecule has 0 unspecified atom stereocenters. The molecule has 1 heterocycles. The van der Waals surface area contributed by atoms with E-state index in [1.54, 1.807) is 0 Å². The van der Waals surface area contributed by atoms with Crippen LogP contribution in [0.1, 0.15) is 38.2 Å². The highest BCUT2D eigenvalue weighted by Gasteiger charge is 2.09. The summed E-state index contributed by atoms with van der Waals surface area (Å²) in [6, 6.07) is 6.12. The van der Waals surface area contributed by atoms with Gasteiger partial charge in [0.05, 0.1) is 0 Å². The second-order valence-corrected chi connectivity index (χ2v) is 4.55. The van der Waals surface area contributed by atoms with Crippen molar-refractivity contribution in [3.63, 3.8) is 0 Å². The number of hydrogen-bond acceptors (Lipinski definition) is 2. The Hall–Kier alpha value is -1.51. The van der Waals surface area contributed by atoms with Gasteiger partial charge in [-0.3, -0.25) is 4.79 Å². The fourth-order valence-electron chi connectivity index (χ4n) is 2.11. The zero-order chi connectivity index (χ0) is 12.1. The van der Waals surface area contributed by atoms with Gasteiger partial charge in [-0.2, -0.15) is 0 Å². The highest BCUT2D eigenvalue weighted by Crippen LogP contribution is 2.25. The molecule has 0 atom stereocenters. The van der Waals surface area contributed by atoms with E-state index in [1.165, 1.54) is 17.7 Å². The van der Waals surface area contributed by atoms with Crippen LogP contribution in [0.25, 0.3) is 0 Å². The molecule has 1 amide bonds. The Kier molecular flexibility index (Phi) is 4.02. The summed E-state index contributed by atoms with van der Waals surface area (Å²) in [5.74, 6) is 0.121. The Morgan fingerprint density at radius 2 is 2.35 bits per heavy atom. The van der Waals surface area contributed by atoms with Crippen LogP contribution in [0.15, 0.2) is 18.2 Å². The summed E-state index contributed by atoms with van der Waals surface area (Å²) >= 11 is 0. The van der Waals surface area contributed by atoms with Crippen molar-refractivity contribution in [2.75, 3.05) is 17.2 Å². The second-order valence-electron chi connectivity index (χ2n) is 4.55. The minimum absolute atomic E-state index is 0.121. The number of nitrogens with one attached hydrogen (secondary N) is 2. The first-order valence-corrected chi connectivity index (χ1v) is 6.46. The molecule has 1 aromatic carbocycles. The smallest absolute Gasteiger partial charge is 0.224 e. The van der Waals surface area contributed by atoms with E-state index in [2.05, 4.69) is 29.7 Å². The first kappa shape index (κ1) is 12.0. The van der Waals surface area contributed by atoms with E-state index < -0.39 is 0 Å². The van der Waals surface area contributed by atoms with Crippen molar-refractivity contribution in [2.24, 2.45) is 0 Å². The highest BCUT2D eigenvalue weighted by molar-refractivity contribution is 5.91. The van der Waals surface area contributed by atoms with Crippen molar-refractivity contribution in [1.29, 1.82) is 0 Å². The fourth-order valence-corrected chi connectivity index (χ4v) is 2.11. The highest BCUT2D eigenvalue weighted by atomic mass is 16.1. The lowest BCUT2D eigenvalue weighted by Gasteiger charge is -2.18. The molecule has 3 nitrogen and oxygen atoms in total.